The number of likely N-dealkylation sites (tertiary alicyclic amines) is 1. The Hall–Kier alpha value is -2.62. The van der Waals surface area contributed by atoms with Crippen molar-refractivity contribution in [3.63, 3.8) is 0 Å². The molecule has 4 rings (SSSR count). The number of hydroxylamine groups is 1. The van der Waals surface area contributed by atoms with Crippen LogP contribution in [0.4, 0.5) is 22.0 Å². The van der Waals surface area contributed by atoms with E-state index in [2.05, 4.69) is 19.6 Å². The van der Waals surface area contributed by atoms with E-state index in [0.717, 1.165) is 25.2 Å². The molecule has 2 heterocycles. The lowest BCUT2D eigenvalue weighted by molar-refractivity contribution is -0.290. The van der Waals surface area contributed by atoms with E-state index in [1.54, 1.807) is 0 Å². The van der Waals surface area contributed by atoms with E-state index in [1.165, 1.54) is 29.7 Å². The summed E-state index contributed by atoms with van der Waals surface area (Å²) < 4.78 is 92.4. The lowest BCUT2D eigenvalue weighted by Gasteiger charge is -2.39. The molecule has 0 radical (unpaired) electrons. The Morgan fingerprint density at radius 1 is 1.08 bits per heavy atom. The maximum atomic E-state index is 13.5. The zero-order chi connectivity index (χ0) is 27.1. The first-order valence-corrected chi connectivity index (χ1v) is 12.7. The zero-order valence-electron chi connectivity index (χ0n) is 19.6. The summed E-state index contributed by atoms with van der Waals surface area (Å²) in [6.07, 6.45) is -1.75. The van der Waals surface area contributed by atoms with Crippen molar-refractivity contribution < 1.29 is 45.1 Å². The molecule has 38 heavy (non-hydrogen) atoms. The normalized spacial score (nSPS) is 18.4. The molecule has 2 aromatic rings. The van der Waals surface area contributed by atoms with Gasteiger partial charge in [0.05, 0.1) is 23.0 Å². The predicted octanol–water partition coefficient (Wildman–Crippen LogP) is 3.42. The topological polar surface area (TPSA) is 122 Å². The van der Waals surface area contributed by atoms with Crippen molar-refractivity contribution >= 4 is 28.2 Å². The number of nitrogens with zero attached hydrogens (tertiary/aromatic N) is 3. The summed E-state index contributed by atoms with van der Waals surface area (Å²) >= 11 is 0. The van der Waals surface area contributed by atoms with Gasteiger partial charge in [-0.15, -0.1) is 12.4 Å². The third-order valence-electron chi connectivity index (χ3n) is 6.60. The molecule has 2 N–H and O–H groups in total. The third kappa shape index (κ3) is 5.70. The maximum absolute atomic E-state index is 13.5. The number of alkyl halides is 5. The SMILES string of the molecule is Cl.O=C(NO)C1(S(=O)(=O)c2ccc(-c3cnc(OCC(F)(F)C(F)(F)F)cn3)cc2)CCN(C2CC2)CC1. The van der Waals surface area contributed by atoms with E-state index in [-0.39, 0.29) is 35.8 Å². The molecule has 210 valence electrons. The average Bonchev–Trinajstić information content (AvgIpc) is 3.72. The summed E-state index contributed by atoms with van der Waals surface area (Å²) in [5, 5.41) is 9.29. The Labute approximate surface area is 220 Å². The van der Waals surface area contributed by atoms with Crippen molar-refractivity contribution in [3.05, 3.63) is 36.7 Å². The van der Waals surface area contributed by atoms with Gasteiger partial charge in [-0.05, 0) is 37.8 Å². The zero-order valence-corrected chi connectivity index (χ0v) is 21.3. The van der Waals surface area contributed by atoms with E-state index >= 15 is 0 Å². The second-order valence-electron chi connectivity index (χ2n) is 8.96. The molecule has 0 spiro atoms. The van der Waals surface area contributed by atoms with Gasteiger partial charge in [0.1, 0.15) is 0 Å². The van der Waals surface area contributed by atoms with Gasteiger partial charge in [-0.3, -0.25) is 10.0 Å². The second kappa shape index (κ2) is 10.9. The van der Waals surface area contributed by atoms with E-state index in [1.807, 2.05) is 0 Å². The molecule has 9 nitrogen and oxygen atoms in total. The maximum Gasteiger partial charge on any atom is 0.456 e. The van der Waals surface area contributed by atoms with Crippen LogP contribution >= 0.6 is 12.4 Å². The summed E-state index contributed by atoms with van der Waals surface area (Å²) in [4.78, 5) is 22.2. The highest BCUT2D eigenvalue weighted by Crippen LogP contribution is 2.40. The number of carbonyl (C=O) groups is 1. The van der Waals surface area contributed by atoms with Crippen molar-refractivity contribution in [2.45, 2.75) is 53.5 Å². The van der Waals surface area contributed by atoms with Crippen LogP contribution in [0.1, 0.15) is 25.7 Å². The molecule has 0 unspecified atom stereocenters. The Bertz CT molecular complexity index is 1230. The molecule has 1 aliphatic heterocycles. The average molecular weight is 587 g/mol. The molecule has 1 amide bonds. The number of rotatable bonds is 8. The number of nitrogens with one attached hydrogen (secondary N) is 1. The predicted molar refractivity (Wildman–Crippen MR) is 125 cm³/mol. The van der Waals surface area contributed by atoms with Crippen LogP contribution in [0.5, 0.6) is 5.88 Å². The second-order valence-corrected chi connectivity index (χ2v) is 11.2. The Kier molecular flexibility index (Phi) is 8.56. The van der Waals surface area contributed by atoms with Crippen LogP contribution in [0.3, 0.4) is 0 Å². The van der Waals surface area contributed by atoms with Gasteiger partial charge in [0.2, 0.25) is 5.88 Å². The minimum absolute atomic E-state index is 0. The summed E-state index contributed by atoms with van der Waals surface area (Å²) in [5.74, 6) is -6.61. The molecule has 1 saturated carbocycles. The monoisotopic (exact) mass is 586 g/mol. The third-order valence-corrected chi connectivity index (χ3v) is 9.12. The minimum atomic E-state index is -5.77. The van der Waals surface area contributed by atoms with Crippen LogP contribution < -0.4 is 10.2 Å². The largest absolute Gasteiger partial charge is 0.470 e. The lowest BCUT2D eigenvalue weighted by atomic mass is 9.94. The highest BCUT2D eigenvalue weighted by atomic mass is 35.5. The molecule has 0 atom stereocenters. The number of sulfone groups is 1. The number of hydrogen-bond acceptors (Lipinski definition) is 8. The van der Waals surface area contributed by atoms with Crippen LogP contribution in [0.2, 0.25) is 0 Å². The van der Waals surface area contributed by atoms with Crippen molar-refractivity contribution in [2.75, 3.05) is 19.7 Å². The number of ether oxygens (including phenoxy) is 1. The highest BCUT2D eigenvalue weighted by molar-refractivity contribution is 7.93. The fraction of sp³-hybridized carbons (Fsp3) is 0.500. The standard InChI is InChI=1S/C22H23F5N4O5S.ClH/c23-21(24,22(25,26)27)13-36-18-12-28-17(11-29-18)14-1-5-16(6-2-14)37(34,35)20(19(32)30-33)7-9-31(10-8-20)15-3-4-15;/h1-2,5-6,11-12,15,33H,3-4,7-10,13H2,(H,30,32);1H. The Morgan fingerprint density at radius 3 is 2.16 bits per heavy atom. The number of halogens is 6. The molecule has 16 heteroatoms. The number of carbonyl (C=O) groups excluding carboxylic acids is 1. The Balaban J connectivity index is 0.00000400. The summed E-state index contributed by atoms with van der Waals surface area (Å²) in [6, 6.07) is 5.70. The van der Waals surface area contributed by atoms with Gasteiger partial charge in [-0.1, -0.05) is 12.1 Å². The van der Waals surface area contributed by atoms with Gasteiger partial charge in [0, 0.05) is 24.7 Å². The Morgan fingerprint density at radius 2 is 1.68 bits per heavy atom. The number of amides is 1. The lowest BCUT2D eigenvalue weighted by Crippen LogP contribution is -2.58. The van der Waals surface area contributed by atoms with E-state index < -0.39 is 45.1 Å². The van der Waals surface area contributed by atoms with Gasteiger partial charge in [-0.25, -0.2) is 23.9 Å². The first kappa shape index (κ1) is 29.9. The van der Waals surface area contributed by atoms with Gasteiger partial charge in [0.25, 0.3) is 5.91 Å². The van der Waals surface area contributed by atoms with Crippen molar-refractivity contribution in [3.8, 4) is 17.1 Å². The first-order chi connectivity index (χ1) is 17.3. The number of hydrogen-bond donors (Lipinski definition) is 2. The molecule has 1 aromatic heterocycles. The van der Waals surface area contributed by atoms with Crippen LogP contribution in [-0.2, 0) is 14.6 Å². The van der Waals surface area contributed by atoms with Gasteiger partial charge >= 0.3 is 12.1 Å². The van der Waals surface area contributed by atoms with Gasteiger partial charge in [0.15, 0.2) is 21.2 Å². The fourth-order valence-corrected chi connectivity index (χ4v) is 6.18. The quantitative estimate of drug-likeness (QED) is 0.274. The smallest absolute Gasteiger partial charge is 0.456 e. The number of benzene rings is 1. The molecular formula is C22H24ClF5N4O5S. The summed E-state index contributed by atoms with van der Waals surface area (Å²) in [5.41, 5.74) is 2.04. The van der Waals surface area contributed by atoms with Crippen molar-refractivity contribution in [1.82, 2.24) is 20.3 Å². The molecule has 1 aromatic carbocycles. The van der Waals surface area contributed by atoms with Crippen LogP contribution in [0, 0.1) is 0 Å². The van der Waals surface area contributed by atoms with E-state index in [9.17, 15) is 40.4 Å². The molecule has 2 fully saturated rings. The molecular weight excluding hydrogens is 563 g/mol. The van der Waals surface area contributed by atoms with Crippen LogP contribution in [-0.4, -0.2) is 77.0 Å². The van der Waals surface area contributed by atoms with Gasteiger partial charge < -0.3 is 9.64 Å². The van der Waals surface area contributed by atoms with E-state index in [4.69, 9.17) is 0 Å². The molecule has 2 aliphatic rings. The van der Waals surface area contributed by atoms with Crippen LogP contribution in [0.15, 0.2) is 41.6 Å². The summed E-state index contributed by atoms with van der Waals surface area (Å²) in [7, 11) is -4.22. The van der Waals surface area contributed by atoms with Crippen molar-refractivity contribution in [1.29, 1.82) is 0 Å². The number of piperidine rings is 1. The fourth-order valence-electron chi connectivity index (χ4n) is 4.23. The molecule has 0 bridgehead atoms. The highest BCUT2D eigenvalue weighted by Gasteiger charge is 2.58. The van der Waals surface area contributed by atoms with Crippen molar-refractivity contribution in [2.24, 2.45) is 0 Å². The summed E-state index contributed by atoms with van der Waals surface area (Å²) in [6.45, 7) is -1.17. The number of aromatic nitrogens is 2. The minimum Gasteiger partial charge on any atom is -0.470 e. The van der Waals surface area contributed by atoms with E-state index in [0.29, 0.717) is 24.7 Å². The van der Waals surface area contributed by atoms with Gasteiger partial charge in [-0.2, -0.15) is 22.0 Å². The first-order valence-electron chi connectivity index (χ1n) is 11.2. The molecule has 1 saturated heterocycles. The molecule has 1 aliphatic carbocycles. The van der Waals surface area contributed by atoms with Crippen LogP contribution in [0.25, 0.3) is 11.3 Å².